The molecule has 1 aliphatic carbocycles. The molecule has 1 saturated carbocycles. The first-order chi connectivity index (χ1) is 8.10. The van der Waals surface area contributed by atoms with Crippen molar-refractivity contribution in [2.75, 3.05) is 11.4 Å². The van der Waals surface area contributed by atoms with Crippen LogP contribution in [0, 0.1) is 0 Å². The monoisotopic (exact) mass is 231 g/mol. The van der Waals surface area contributed by atoms with Crippen LogP contribution in [0.3, 0.4) is 0 Å². The summed E-state index contributed by atoms with van der Waals surface area (Å²) in [5.41, 5.74) is 2.05. The van der Waals surface area contributed by atoms with Crippen LogP contribution >= 0.6 is 0 Å². The molecule has 0 saturated heterocycles. The van der Waals surface area contributed by atoms with E-state index in [1.807, 2.05) is 13.0 Å². The first-order valence-electron chi connectivity index (χ1n) is 5.92. The van der Waals surface area contributed by atoms with E-state index in [1.165, 1.54) is 0 Å². The second-order valence-corrected chi connectivity index (χ2v) is 4.78. The molecule has 5 heteroatoms. The lowest BCUT2D eigenvalue weighted by Gasteiger charge is -2.15. The molecule has 1 aromatic rings. The molecule has 4 nitrogen and oxygen atoms in total. The van der Waals surface area contributed by atoms with Crippen LogP contribution in [-0.2, 0) is 10.2 Å². The van der Waals surface area contributed by atoms with Crippen LogP contribution in [0.15, 0.2) is 18.2 Å². The summed E-state index contributed by atoms with van der Waals surface area (Å²) in [6.45, 7) is 2.56. The van der Waals surface area contributed by atoms with Crippen LogP contribution in [0.2, 0.25) is 0 Å². The Balaban J connectivity index is 2.14. The van der Waals surface area contributed by atoms with Gasteiger partial charge in [0.2, 0.25) is 5.91 Å². The summed E-state index contributed by atoms with van der Waals surface area (Å²) in [5, 5.41) is 18.4. The van der Waals surface area contributed by atoms with E-state index in [9.17, 15) is 14.8 Å². The molecule has 0 aromatic heterocycles. The molecular weight excluding hydrogens is 217 g/mol. The van der Waals surface area contributed by atoms with Gasteiger partial charge in [0.15, 0.2) is 0 Å². The number of hydrogen-bond acceptors (Lipinski definition) is 3. The Morgan fingerprint density at radius 2 is 2.12 bits per heavy atom. The molecule has 1 spiro atoms. The van der Waals surface area contributed by atoms with E-state index in [0.717, 1.165) is 24.1 Å². The molecule has 0 atom stereocenters. The quantitative estimate of drug-likeness (QED) is 0.691. The molecule has 1 amide bonds. The van der Waals surface area contributed by atoms with Crippen molar-refractivity contribution in [3.05, 3.63) is 23.8 Å². The lowest BCUT2D eigenvalue weighted by Crippen LogP contribution is -2.33. The van der Waals surface area contributed by atoms with Crippen LogP contribution in [0.1, 0.15) is 25.3 Å². The summed E-state index contributed by atoms with van der Waals surface area (Å²) in [7, 11) is -1.48. The lowest BCUT2D eigenvalue weighted by molar-refractivity contribution is -0.120. The maximum Gasteiger partial charge on any atom is 0.488 e. The van der Waals surface area contributed by atoms with Gasteiger partial charge < -0.3 is 14.9 Å². The Labute approximate surface area is 100 Å². The summed E-state index contributed by atoms with van der Waals surface area (Å²) in [6, 6.07) is 5.27. The highest BCUT2D eigenvalue weighted by atomic mass is 16.4. The largest absolute Gasteiger partial charge is 0.488 e. The fraction of sp³-hybridized carbons (Fsp3) is 0.417. The van der Waals surface area contributed by atoms with Gasteiger partial charge in [0.1, 0.15) is 0 Å². The highest BCUT2D eigenvalue weighted by Crippen LogP contribution is 2.56. The van der Waals surface area contributed by atoms with Crippen molar-refractivity contribution in [1.29, 1.82) is 0 Å². The van der Waals surface area contributed by atoms with Crippen molar-refractivity contribution >= 4 is 24.2 Å². The number of carbonyl (C=O) groups is 1. The number of benzene rings is 1. The third-order valence-corrected chi connectivity index (χ3v) is 3.85. The molecule has 88 valence electrons. The van der Waals surface area contributed by atoms with E-state index in [1.54, 1.807) is 17.0 Å². The zero-order valence-corrected chi connectivity index (χ0v) is 9.68. The third-order valence-electron chi connectivity index (χ3n) is 3.85. The highest BCUT2D eigenvalue weighted by molar-refractivity contribution is 6.58. The number of likely N-dealkylation sites (N-methyl/N-ethyl adjacent to an activating group) is 1. The van der Waals surface area contributed by atoms with Crippen LogP contribution in [0.4, 0.5) is 5.69 Å². The van der Waals surface area contributed by atoms with Crippen molar-refractivity contribution in [1.82, 2.24) is 0 Å². The number of nitrogens with zero attached hydrogens (tertiary/aromatic N) is 1. The molecule has 17 heavy (non-hydrogen) atoms. The van der Waals surface area contributed by atoms with E-state index in [2.05, 4.69) is 0 Å². The lowest BCUT2D eigenvalue weighted by atomic mass is 9.79. The Morgan fingerprint density at radius 1 is 1.41 bits per heavy atom. The number of anilines is 1. The molecule has 0 radical (unpaired) electrons. The summed E-state index contributed by atoms with van der Waals surface area (Å²) in [6.07, 6.45) is 1.83. The van der Waals surface area contributed by atoms with E-state index in [-0.39, 0.29) is 11.3 Å². The molecular formula is C12H14BNO3. The Hall–Kier alpha value is -1.33. The van der Waals surface area contributed by atoms with Crippen molar-refractivity contribution in [2.45, 2.75) is 25.2 Å². The van der Waals surface area contributed by atoms with Crippen molar-refractivity contribution in [2.24, 2.45) is 0 Å². The van der Waals surface area contributed by atoms with Gasteiger partial charge in [-0.25, -0.2) is 0 Å². The zero-order valence-electron chi connectivity index (χ0n) is 9.68. The van der Waals surface area contributed by atoms with Crippen molar-refractivity contribution in [3.8, 4) is 0 Å². The van der Waals surface area contributed by atoms with E-state index in [4.69, 9.17) is 0 Å². The van der Waals surface area contributed by atoms with Gasteiger partial charge in [-0.1, -0.05) is 12.1 Å². The second kappa shape index (κ2) is 3.34. The minimum atomic E-state index is -1.48. The summed E-state index contributed by atoms with van der Waals surface area (Å²) in [4.78, 5) is 14.0. The molecule has 1 aromatic carbocycles. The number of hydrogen-bond donors (Lipinski definition) is 2. The smallest absolute Gasteiger partial charge is 0.423 e. The Bertz CT molecular complexity index is 497. The standard InChI is InChI=1S/C12H14BNO3/c1-2-14-10-7-8(13(16)17)3-4-9(10)12(5-6-12)11(14)15/h3-4,7,16-17H,2,5-6H2,1H3. The average Bonchev–Trinajstić information content (AvgIpc) is 3.06. The van der Waals surface area contributed by atoms with Gasteiger partial charge in [-0.05, 0) is 36.9 Å². The molecule has 0 bridgehead atoms. The summed E-state index contributed by atoms with van der Waals surface area (Å²) in [5.74, 6) is 0.166. The average molecular weight is 231 g/mol. The van der Waals surface area contributed by atoms with Gasteiger partial charge in [-0.3, -0.25) is 4.79 Å². The summed E-state index contributed by atoms with van der Waals surface area (Å²) >= 11 is 0. The van der Waals surface area contributed by atoms with Gasteiger partial charge in [-0.15, -0.1) is 0 Å². The fourth-order valence-corrected chi connectivity index (χ4v) is 2.74. The topological polar surface area (TPSA) is 60.8 Å². The van der Waals surface area contributed by atoms with Crippen LogP contribution in [0.25, 0.3) is 0 Å². The second-order valence-electron chi connectivity index (χ2n) is 4.78. The molecule has 2 N–H and O–H groups in total. The molecule has 1 heterocycles. The summed E-state index contributed by atoms with van der Waals surface area (Å²) < 4.78 is 0. The van der Waals surface area contributed by atoms with Gasteiger partial charge in [0, 0.05) is 12.2 Å². The highest BCUT2D eigenvalue weighted by Gasteiger charge is 2.58. The number of amides is 1. The van der Waals surface area contributed by atoms with Crippen molar-refractivity contribution < 1.29 is 14.8 Å². The van der Waals surface area contributed by atoms with E-state index >= 15 is 0 Å². The third kappa shape index (κ3) is 1.29. The van der Waals surface area contributed by atoms with Gasteiger partial charge in [0.25, 0.3) is 0 Å². The molecule has 3 rings (SSSR count). The van der Waals surface area contributed by atoms with Gasteiger partial charge in [0.05, 0.1) is 5.41 Å². The molecule has 2 aliphatic rings. The molecule has 0 unspecified atom stereocenters. The van der Waals surface area contributed by atoms with Crippen molar-refractivity contribution in [3.63, 3.8) is 0 Å². The number of carbonyl (C=O) groups excluding carboxylic acids is 1. The SMILES string of the molecule is CCN1C(=O)C2(CC2)c2ccc(B(O)O)cc21. The van der Waals surface area contributed by atoms with Crippen LogP contribution < -0.4 is 10.4 Å². The zero-order chi connectivity index (χ0) is 12.2. The number of rotatable bonds is 2. The van der Waals surface area contributed by atoms with Crippen LogP contribution in [0.5, 0.6) is 0 Å². The van der Waals surface area contributed by atoms with Gasteiger partial charge in [-0.2, -0.15) is 0 Å². The van der Waals surface area contributed by atoms with E-state index in [0.29, 0.717) is 12.0 Å². The first-order valence-corrected chi connectivity index (χ1v) is 5.92. The first kappa shape index (κ1) is 10.8. The maximum absolute atomic E-state index is 12.3. The minimum Gasteiger partial charge on any atom is -0.423 e. The number of fused-ring (bicyclic) bond motifs is 2. The normalized spacial score (nSPS) is 19.7. The predicted octanol–water partition coefficient (Wildman–Crippen LogP) is -0.235. The van der Waals surface area contributed by atoms with Crippen LogP contribution in [-0.4, -0.2) is 29.6 Å². The molecule has 1 aliphatic heterocycles. The van der Waals surface area contributed by atoms with E-state index < -0.39 is 7.12 Å². The molecule has 1 fully saturated rings. The fourth-order valence-electron chi connectivity index (χ4n) is 2.74. The Morgan fingerprint density at radius 3 is 2.65 bits per heavy atom. The predicted molar refractivity (Wildman–Crippen MR) is 65.2 cm³/mol. The maximum atomic E-state index is 12.3. The Kier molecular flexibility index (Phi) is 2.12. The van der Waals surface area contributed by atoms with Gasteiger partial charge >= 0.3 is 7.12 Å². The minimum absolute atomic E-state index is 0.166.